The fraction of sp³-hybridized carbons (Fsp3) is 0.412. The Morgan fingerprint density at radius 3 is 2.15 bits per heavy atom. The number of hydrogen-bond acceptors (Lipinski definition) is 8. The van der Waals surface area contributed by atoms with Crippen molar-refractivity contribution in [3.05, 3.63) is 75.7 Å². The molecule has 3 aliphatic heterocycles. The zero-order valence-corrected chi connectivity index (χ0v) is 26.6. The number of pyridine rings is 1. The van der Waals surface area contributed by atoms with Gasteiger partial charge in [0.1, 0.15) is 0 Å². The Hall–Kier alpha value is -5.00. The number of hydrogen-bond donors (Lipinski definition) is 1. The van der Waals surface area contributed by atoms with Gasteiger partial charge in [0.05, 0.1) is 32.7 Å². The maximum absolute atomic E-state index is 13.8. The average Bonchev–Trinajstić information content (AvgIpc) is 3.07. The second-order valence-corrected chi connectivity index (χ2v) is 12.0. The predicted octanol–water partition coefficient (Wildman–Crippen LogP) is 3.05. The number of nitrogens with zero attached hydrogens (tertiary/aromatic N) is 4. The number of rotatable bonds is 7. The second kappa shape index (κ2) is 12.8. The summed E-state index contributed by atoms with van der Waals surface area (Å²) >= 11 is 0. The van der Waals surface area contributed by atoms with Crippen LogP contribution in [0.2, 0.25) is 0 Å². The van der Waals surface area contributed by atoms with Gasteiger partial charge in [-0.2, -0.15) is 0 Å². The number of fused-ring (bicyclic) bond motifs is 4. The molecule has 12 nitrogen and oxygen atoms in total. The van der Waals surface area contributed by atoms with Crippen LogP contribution in [-0.2, 0) is 11.3 Å². The van der Waals surface area contributed by atoms with E-state index in [0.29, 0.717) is 79.9 Å². The van der Waals surface area contributed by atoms with Gasteiger partial charge < -0.3 is 38.8 Å². The third-order valence-corrected chi connectivity index (χ3v) is 9.25. The number of piperazine rings is 1. The molecule has 2 saturated heterocycles. The van der Waals surface area contributed by atoms with E-state index < -0.39 is 5.91 Å². The van der Waals surface area contributed by atoms with E-state index in [4.69, 9.17) is 14.2 Å². The van der Waals surface area contributed by atoms with Crippen molar-refractivity contribution in [1.82, 2.24) is 14.4 Å². The Balaban J connectivity index is 1.33. The van der Waals surface area contributed by atoms with Gasteiger partial charge in [-0.1, -0.05) is 6.07 Å². The number of carbonyl (C=O) groups excluding carboxylic acids is 3. The molecule has 0 saturated carbocycles. The molecule has 4 heterocycles. The summed E-state index contributed by atoms with van der Waals surface area (Å²) in [4.78, 5) is 57.6. The van der Waals surface area contributed by atoms with Crippen LogP contribution in [0.1, 0.15) is 45.7 Å². The number of piperidine rings is 1. The standard InChI is InChI=1S/C34H39N5O7/c1-21(40)36-10-12-37(13-11-36)34(43)23-8-9-28(38-18-22-14-25(20-38)27-6-5-7-31(41)39(27)19-22)26(15-23)35-33(42)24-16-29(44-2)32(46-4)30(17-24)45-3/h5-9,15-17,22,25H,10-14,18-20H2,1-4H3,(H,35,42)/t22-,25+/m1/s1. The molecular weight excluding hydrogens is 590 g/mol. The molecule has 3 aliphatic rings. The monoisotopic (exact) mass is 629 g/mol. The van der Waals surface area contributed by atoms with Gasteiger partial charge >= 0.3 is 0 Å². The number of anilines is 2. The van der Waals surface area contributed by atoms with Crippen molar-refractivity contribution < 1.29 is 28.6 Å². The van der Waals surface area contributed by atoms with E-state index in [0.717, 1.165) is 17.8 Å². The van der Waals surface area contributed by atoms with Crippen LogP contribution < -0.4 is 30.0 Å². The molecule has 0 radical (unpaired) electrons. The molecule has 6 rings (SSSR count). The number of carbonyl (C=O) groups is 3. The Morgan fingerprint density at radius 2 is 1.50 bits per heavy atom. The lowest BCUT2D eigenvalue weighted by atomic mass is 9.83. The smallest absolute Gasteiger partial charge is 0.255 e. The Kier molecular flexibility index (Phi) is 8.61. The van der Waals surface area contributed by atoms with Crippen molar-refractivity contribution in [2.45, 2.75) is 25.8 Å². The van der Waals surface area contributed by atoms with Gasteiger partial charge in [0.25, 0.3) is 17.4 Å². The first kappa shape index (κ1) is 31.0. The van der Waals surface area contributed by atoms with E-state index in [2.05, 4.69) is 10.2 Å². The van der Waals surface area contributed by atoms with Crippen molar-refractivity contribution in [3.8, 4) is 17.2 Å². The summed E-state index contributed by atoms with van der Waals surface area (Å²) in [6.07, 6.45) is 0.982. The number of aromatic nitrogens is 1. The van der Waals surface area contributed by atoms with E-state index in [1.807, 2.05) is 22.8 Å². The molecule has 0 spiro atoms. The molecule has 0 aliphatic carbocycles. The minimum atomic E-state index is -0.408. The fourth-order valence-corrected chi connectivity index (χ4v) is 6.95. The SMILES string of the molecule is COc1cc(C(=O)Nc2cc(C(=O)N3CCN(C(C)=O)CC3)ccc2N2C[C@H]3C[C@@H](C2)c2cccc(=O)n2C3)cc(OC)c1OC. The number of amides is 3. The highest BCUT2D eigenvalue weighted by Crippen LogP contribution is 2.41. The molecule has 1 aromatic heterocycles. The zero-order valence-electron chi connectivity index (χ0n) is 26.6. The highest BCUT2D eigenvalue weighted by Gasteiger charge is 2.36. The van der Waals surface area contributed by atoms with Crippen LogP contribution in [0.15, 0.2) is 53.3 Å². The summed E-state index contributed by atoms with van der Waals surface area (Å²) in [6, 6.07) is 14.0. The first-order chi connectivity index (χ1) is 22.2. The molecule has 46 heavy (non-hydrogen) atoms. The topological polar surface area (TPSA) is 123 Å². The minimum absolute atomic E-state index is 0.00737. The van der Waals surface area contributed by atoms with Crippen LogP contribution in [0, 0.1) is 5.92 Å². The van der Waals surface area contributed by atoms with Gasteiger partial charge in [0.15, 0.2) is 11.5 Å². The van der Waals surface area contributed by atoms with E-state index in [-0.39, 0.29) is 29.2 Å². The molecule has 2 bridgehead atoms. The molecule has 242 valence electrons. The molecule has 3 amide bonds. The fourth-order valence-electron chi connectivity index (χ4n) is 6.95. The lowest BCUT2D eigenvalue weighted by Crippen LogP contribution is -2.50. The molecule has 12 heteroatoms. The number of methoxy groups -OCH3 is 3. The van der Waals surface area contributed by atoms with Gasteiger partial charge in [-0.05, 0) is 48.7 Å². The Morgan fingerprint density at radius 1 is 0.804 bits per heavy atom. The van der Waals surface area contributed by atoms with Crippen molar-refractivity contribution in [2.24, 2.45) is 5.92 Å². The second-order valence-electron chi connectivity index (χ2n) is 12.0. The van der Waals surface area contributed by atoms with Crippen LogP contribution in [0.25, 0.3) is 0 Å². The number of benzene rings is 2. The van der Waals surface area contributed by atoms with Gasteiger partial charge in [-0.15, -0.1) is 0 Å². The van der Waals surface area contributed by atoms with Crippen LogP contribution in [0.5, 0.6) is 17.2 Å². The largest absolute Gasteiger partial charge is 0.493 e. The van der Waals surface area contributed by atoms with E-state index in [1.165, 1.54) is 28.3 Å². The molecule has 2 fully saturated rings. The first-order valence-electron chi connectivity index (χ1n) is 15.5. The average molecular weight is 630 g/mol. The lowest BCUT2D eigenvalue weighted by molar-refractivity contribution is -0.130. The third-order valence-electron chi connectivity index (χ3n) is 9.25. The summed E-state index contributed by atoms with van der Waals surface area (Å²) in [6.45, 7) is 5.35. The summed E-state index contributed by atoms with van der Waals surface area (Å²) in [5.74, 6) is 0.891. The summed E-state index contributed by atoms with van der Waals surface area (Å²) < 4.78 is 18.2. The lowest BCUT2D eigenvalue weighted by Gasteiger charge is -2.44. The van der Waals surface area contributed by atoms with E-state index >= 15 is 0 Å². The molecular formula is C34H39N5O7. The summed E-state index contributed by atoms with van der Waals surface area (Å²) in [5.41, 5.74) is 3.06. The number of nitrogens with one attached hydrogen (secondary N) is 1. The molecule has 1 N–H and O–H groups in total. The minimum Gasteiger partial charge on any atom is -0.493 e. The predicted molar refractivity (Wildman–Crippen MR) is 172 cm³/mol. The van der Waals surface area contributed by atoms with Gasteiger partial charge in [0.2, 0.25) is 11.7 Å². The highest BCUT2D eigenvalue weighted by molar-refractivity contribution is 6.08. The molecule has 0 unspecified atom stereocenters. The van der Waals surface area contributed by atoms with Crippen LogP contribution >= 0.6 is 0 Å². The van der Waals surface area contributed by atoms with Crippen LogP contribution in [-0.4, -0.2) is 92.7 Å². The Labute approximate surface area is 267 Å². The van der Waals surface area contributed by atoms with Crippen LogP contribution in [0.3, 0.4) is 0 Å². The van der Waals surface area contributed by atoms with E-state index in [1.54, 1.807) is 40.1 Å². The first-order valence-corrected chi connectivity index (χ1v) is 15.5. The molecule has 2 aromatic carbocycles. The van der Waals surface area contributed by atoms with Crippen molar-refractivity contribution >= 4 is 29.1 Å². The maximum Gasteiger partial charge on any atom is 0.255 e. The number of ether oxygens (including phenoxy) is 3. The van der Waals surface area contributed by atoms with Crippen molar-refractivity contribution in [3.63, 3.8) is 0 Å². The van der Waals surface area contributed by atoms with Gasteiger partial charge in [0, 0.05) is 81.5 Å². The van der Waals surface area contributed by atoms with Crippen molar-refractivity contribution in [2.75, 3.05) is 70.8 Å². The van der Waals surface area contributed by atoms with Gasteiger partial charge in [-0.3, -0.25) is 19.2 Å². The Bertz CT molecular complexity index is 1700. The van der Waals surface area contributed by atoms with E-state index in [9.17, 15) is 19.2 Å². The highest BCUT2D eigenvalue weighted by atomic mass is 16.5. The maximum atomic E-state index is 13.8. The van der Waals surface area contributed by atoms with Gasteiger partial charge in [-0.25, -0.2) is 0 Å². The van der Waals surface area contributed by atoms with Crippen molar-refractivity contribution in [1.29, 1.82) is 0 Å². The normalized spacial score (nSPS) is 18.8. The molecule has 2 atom stereocenters. The quantitative estimate of drug-likeness (QED) is 0.423. The summed E-state index contributed by atoms with van der Waals surface area (Å²) in [7, 11) is 4.47. The third kappa shape index (κ3) is 5.86. The summed E-state index contributed by atoms with van der Waals surface area (Å²) in [5, 5.41) is 3.07. The zero-order chi connectivity index (χ0) is 32.5. The molecule has 3 aromatic rings. The van der Waals surface area contributed by atoms with Crippen LogP contribution in [0.4, 0.5) is 11.4 Å².